The van der Waals surface area contributed by atoms with Gasteiger partial charge < -0.3 is 5.32 Å². The molecule has 1 N–H and O–H groups in total. The van der Waals surface area contributed by atoms with Crippen molar-refractivity contribution in [3.05, 3.63) is 12.2 Å². The monoisotopic (exact) mass is 226 g/mol. The second-order valence-corrected chi connectivity index (χ2v) is 5.17. The quantitative estimate of drug-likeness (QED) is 0.751. The lowest BCUT2D eigenvalue weighted by Crippen LogP contribution is -2.25. The zero-order valence-corrected chi connectivity index (χ0v) is 9.96. The van der Waals surface area contributed by atoms with E-state index in [1.807, 2.05) is 7.05 Å². The zero-order valence-electron chi connectivity index (χ0n) is 9.15. The van der Waals surface area contributed by atoms with Crippen LogP contribution < -0.4 is 5.32 Å². The van der Waals surface area contributed by atoms with Gasteiger partial charge in [0.05, 0.1) is 0 Å². The Morgan fingerprint density at radius 3 is 3.27 bits per heavy atom. The van der Waals surface area contributed by atoms with Crippen molar-refractivity contribution in [2.24, 2.45) is 13.0 Å². The Hall–Kier alpha value is -0.550. The number of nitrogens with zero attached hydrogens (tertiary/aromatic N) is 3. The number of rotatable bonds is 5. The van der Waals surface area contributed by atoms with E-state index in [2.05, 4.69) is 27.2 Å². The summed E-state index contributed by atoms with van der Waals surface area (Å²) in [7, 11) is 1.90. The van der Waals surface area contributed by atoms with E-state index in [0.29, 0.717) is 0 Å². The highest BCUT2D eigenvalue weighted by Gasteiger charge is 2.14. The highest BCUT2D eigenvalue weighted by atomic mass is 32.2. The summed E-state index contributed by atoms with van der Waals surface area (Å²) in [5, 5.41) is 7.72. The van der Waals surface area contributed by atoms with E-state index in [1.165, 1.54) is 17.9 Å². The summed E-state index contributed by atoms with van der Waals surface area (Å²) in [4.78, 5) is 4.19. The van der Waals surface area contributed by atoms with Crippen LogP contribution in [0.5, 0.6) is 0 Å². The Labute approximate surface area is 94.8 Å². The molecular formula is C10H18N4S. The summed E-state index contributed by atoms with van der Waals surface area (Å²) in [5.74, 6) is 4.49. The molecule has 1 saturated heterocycles. The summed E-state index contributed by atoms with van der Waals surface area (Å²) in [6.07, 6.45) is 4.06. The van der Waals surface area contributed by atoms with E-state index in [1.54, 1.807) is 11.0 Å². The minimum absolute atomic E-state index is 0.881. The lowest BCUT2D eigenvalue weighted by molar-refractivity contribution is 0.522. The van der Waals surface area contributed by atoms with E-state index < -0.39 is 0 Å². The van der Waals surface area contributed by atoms with Crippen LogP contribution in [0.3, 0.4) is 0 Å². The molecule has 1 aromatic rings. The smallest absolute Gasteiger partial charge is 0.151 e. The molecule has 0 amide bonds. The first-order valence-corrected chi connectivity index (χ1v) is 6.63. The maximum absolute atomic E-state index is 4.24. The van der Waals surface area contributed by atoms with Gasteiger partial charge in [-0.25, -0.2) is 4.98 Å². The van der Waals surface area contributed by atoms with Crippen LogP contribution in [0, 0.1) is 5.92 Å². The van der Waals surface area contributed by atoms with Crippen molar-refractivity contribution >= 4 is 11.8 Å². The van der Waals surface area contributed by atoms with Gasteiger partial charge in [0.15, 0.2) is 5.82 Å². The lowest BCUT2D eigenvalue weighted by Gasteiger charge is -2.08. The van der Waals surface area contributed by atoms with Gasteiger partial charge in [-0.05, 0) is 30.4 Å². The molecule has 1 aliphatic heterocycles. The number of thioether (sulfide) groups is 1. The topological polar surface area (TPSA) is 42.7 Å². The molecule has 0 spiro atoms. The van der Waals surface area contributed by atoms with Crippen LogP contribution in [0.4, 0.5) is 0 Å². The molecule has 0 radical (unpaired) electrons. The molecule has 1 fully saturated rings. The maximum Gasteiger partial charge on any atom is 0.151 e. The largest absolute Gasteiger partial charge is 0.316 e. The molecule has 1 unspecified atom stereocenters. The van der Waals surface area contributed by atoms with Gasteiger partial charge in [0.25, 0.3) is 0 Å². The SMILES string of the molecule is Cn1cnc(CCNCC2CCSC2)n1. The van der Waals surface area contributed by atoms with Crippen LogP contribution >= 0.6 is 11.8 Å². The average molecular weight is 226 g/mol. The van der Waals surface area contributed by atoms with Crippen LogP contribution in [0.1, 0.15) is 12.2 Å². The van der Waals surface area contributed by atoms with Crippen molar-refractivity contribution in [2.45, 2.75) is 12.8 Å². The Kier molecular flexibility index (Phi) is 4.02. The molecule has 0 saturated carbocycles. The molecule has 2 rings (SSSR count). The third-order valence-corrected chi connectivity index (χ3v) is 3.86. The van der Waals surface area contributed by atoms with E-state index >= 15 is 0 Å². The van der Waals surface area contributed by atoms with Crippen molar-refractivity contribution in [3.8, 4) is 0 Å². The Bertz CT molecular complexity index is 293. The average Bonchev–Trinajstić information content (AvgIpc) is 2.84. The number of hydrogen-bond donors (Lipinski definition) is 1. The Balaban J connectivity index is 1.58. The molecule has 1 aliphatic rings. The van der Waals surface area contributed by atoms with Crippen molar-refractivity contribution < 1.29 is 0 Å². The molecule has 0 aliphatic carbocycles. The van der Waals surface area contributed by atoms with Crippen LogP contribution in [-0.2, 0) is 13.5 Å². The molecule has 1 atom stereocenters. The van der Waals surface area contributed by atoms with Crippen LogP contribution in [0.2, 0.25) is 0 Å². The zero-order chi connectivity index (χ0) is 10.5. The molecule has 5 heteroatoms. The fourth-order valence-electron chi connectivity index (χ4n) is 1.75. The molecule has 1 aromatic heterocycles. The second kappa shape index (κ2) is 5.51. The first-order chi connectivity index (χ1) is 7.34. The molecule has 4 nitrogen and oxygen atoms in total. The van der Waals surface area contributed by atoms with Crippen molar-refractivity contribution in [2.75, 3.05) is 24.6 Å². The van der Waals surface area contributed by atoms with E-state index in [0.717, 1.165) is 31.3 Å². The number of hydrogen-bond acceptors (Lipinski definition) is 4. The summed E-state index contributed by atoms with van der Waals surface area (Å²) in [5.41, 5.74) is 0. The first kappa shape index (κ1) is 11.0. The van der Waals surface area contributed by atoms with Crippen molar-refractivity contribution in [1.82, 2.24) is 20.1 Å². The minimum Gasteiger partial charge on any atom is -0.316 e. The molecule has 0 aromatic carbocycles. The minimum atomic E-state index is 0.881. The van der Waals surface area contributed by atoms with E-state index in [4.69, 9.17) is 0 Å². The Morgan fingerprint density at radius 2 is 2.60 bits per heavy atom. The molecular weight excluding hydrogens is 208 g/mol. The van der Waals surface area contributed by atoms with Gasteiger partial charge in [0.2, 0.25) is 0 Å². The van der Waals surface area contributed by atoms with Crippen molar-refractivity contribution in [3.63, 3.8) is 0 Å². The summed E-state index contributed by atoms with van der Waals surface area (Å²) in [6.45, 7) is 2.14. The van der Waals surface area contributed by atoms with Gasteiger partial charge in [-0.15, -0.1) is 0 Å². The molecule has 15 heavy (non-hydrogen) atoms. The summed E-state index contributed by atoms with van der Waals surface area (Å²) in [6, 6.07) is 0. The highest BCUT2D eigenvalue weighted by Crippen LogP contribution is 2.22. The normalized spacial score (nSPS) is 21.0. The number of aromatic nitrogens is 3. The highest BCUT2D eigenvalue weighted by molar-refractivity contribution is 7.99. The first-order valence-electron chi connectivity index (χ1n) is 5.47. The van der Waals surface area contributed by atoms with Crippen LogP contribution in [0.15, 0.2) is 6.33 Å². The van der Waals surface area contributed by atoms with Gasteiger partial charge in [0, 0.05) is 20.0 Å². The molecule has 2 heterocycles. The van der Waals surface area contributed by atoms with Gasteiger partial charge in [-0.2, -0.15) is 16.9 Å². The molecule has 0 bridgehead atoms. The fourth-order valence-corrected chi connectivity index (χ4v) is 3.03. The molecule has 84 valence electrons. The van der Waals surface area contributed by atoms with Gasteiger partial charge >= 0.3 is 0 Å². The van der Waals surface area contributed by atoms with E-state index in [9.17, 15) is 0 Å². The maximum atomic E-state index is 4.24. The summed E-state index contributed by atoms with van der Waals surface area (Å²) >= 11 is 2.07. The van der Waals surface area contributed by atoms with Gasteiger partial charge in [0.1, 0.15) is 6.33 Å². The third kappa shape index (κ3) is 3.50. The van der Waals surface area contributed by atoms with Crippen LogP contribution in [-0.4, -0.2) is 39.4 Å². The predicted octanol–water partition coefficient (Wildman–Crippen LogP) is 0.700. The Morgan fingerprint density at radius 1 is 1.67 bits per heavy atom. The van der Waals surface area contributed by atoms with Gasteiger partial charge in [-0.1, -0.05) is 0 Å². The number of aryl methyl sites for hydroxylation is 1. The van der Waals surface area contributed by atoms with Crippen molar-refractivity contribution in [1.29, 1.82) is 0 Å². The van der Waals surface area contributed by atoms with Gasteiger partial charge in [-0.3, -0.25) is 4.68 Å². The summed E-state index contributed by atoms with van der Waals surface area (Å²) < 4.78 is 1.75. The van der Waals surface area contributed by atoms with Crippen LogP contribution in [0.25, 0.3) is 0 Å². The number of nitrogens with one attached hydrogen (secondary N) is 1. The lowest BCUT2D eigenvalue weighted by atomic mass is 10.1. The third-order valence-electron chi connectivity index (χ3n) is 2.63. The fraction of sp³-hybridized carbons (Fsp3) is 0.800. The second-order valence-electron chi connectivity index (χ2n) is 4.02. The van der Waals surface area contributed by atoms with E-state index in [-0.39, 0.29) is 0 Å². The standard InChI is InChI=1S/C10H18N4S/c1-14-8-12-10(13-14)2-4-11-6-9-3-5-15-7-9/h8-9,11H,2-7H2,1H3. The predicted molar refractivity (Wildman–Crippen MR) is 63.0 cm³/mol.